The number of carbonyl (C=O) groups excluding carboxylic acids is 1. The van der Waals surface area contributed by atoms with Crippen molar-refractivity contribution in [2.45, 2.75) is 45.5 Å². The van der Waals surface area contributed by atoms with Crippen molar-refractivity contribution in [2.75, 3.05) is 10.2 Å². The summed E-state index contributed by atoms with van der Waals surface area (Å²) in [7, 11) is -2.29. The van der Waals surface area contributed by atoms with E-state index < -0.39 is 37.6 Å². The number of nitrogens with one attached hydrogen (secondary N) is 1. The fourth-order valence-corrected chi connectivity index (χ4v) is 4.81. The molecule has 0 saturated carbocycles. The van der Waals surface area contributed by atoms with E-state index in [1.807, 2.05) is 13.1 Å². The number of pyridine rings is 2. The molecule has 0 bridgehead atoms. The quantitative estimate of drug-likeness (QED) is 0.193. The molecule has 4 rings (SSSR count). The Hall–Kier alpha value is -4.88. The number of halogens is 2. The Bertz CT molecular complexity index is 1740. The van der Waals surface area contributed by atoms with Crippen molar-refractivity contribution in [1.82, 2.24) is 9.55 Å². The van der Waals surface area contributed by atoms with Crippen molar-refractivity contribution in [3.8, 4) is 11.5 Å². The zero-order chi connectivity index (χ0) is 32.2. The van der Waals surface area contributed by atoms with Crippen molar-refractivity contribution in [3.63, 3.8) is 0 Å². The minimum atomic E-state index is -2.29. The minimum Gasteiger partial charge on any atom is -0.465 e. The molecule has 0 unspecified atom stereocenters. The molecule has 0 fully saturated rings. The largest absolute Gasteiger partial charge is 0.465 e. The summed E-state index contributed by atoms with van der Waals surface area (Å²) in [6.45, 7) is 10.2. The van der Waals surface area contributed by atoms with Gasteiger partial charge < -0.3 is 14.3 Å². The number of rotatable bonds is 8. The summed E-state index contributed by atoms with van der Waals surface area (Å²) in [5, 5.41) is 11.4. The van der Waals surface area contributed by atoms with Crippen LogP contribution in [0.3, 0.4) is 0 Å². The molecule has 10 nitrogen and oxygen atoms in total. The maximum absolute atomic E-state index is 15.7. The van der Waals surface area contributed by atoms with Gasteiger partial charge in [0.15, 0.2) is 19.9 Å². The monoisotopic (exact) mass is 622 g/mol. The Balaban J connectivity index is 1.72. The summed E-state index contributed by atoms with van der Waals surface area (Å²) in [5.41, 5.74) is -0.119. The molecular formula is C31H32F2N4O6Si. The molecule has 0 spiro atoms. The van der Waals surface area contributed by atoms with Crippen molar-refractivity contribution in [2.24, 2.45) is 0 Å². The normalized spacial score (nSPS) is 11.6. The number of ether oxygens (including phenoxy) is 1. The van der Waals surface area contributed by atoms with Crippen molar-refractivity contribution in [3.05, 3.63) is 107 Å². The van der Waals surface area contributed by atoms with Gasteiger partial charge in [0.1, 0.15) is 17.4 Å². The molecule has 0 atom stereocenters. The van der Waals surface area contributed by atoms with E-state index in [4.69, 9.17) is 9.16 Å². The molecule has 2 N–H and O–H groups in total. The van der Waals surface area contributed by atoms with Crippen LogP contribution in [-0.4, -0.2) is 35.1 Å². The van der Waals surface area contributed by atoms with E-state index in [9.17, 15) is 23.9 Å². The highest BCUT2D eigenvalue weighted by atomic mass is 28.4. The number of carboxylic acid groups (broad SMARTS) is 1. The third-order valence-corrected chi connectivity index (χ3v) is 11.8. The van der Waals surface area contributed by atoms with Crippen molar-refractivity contribution >= 4 is 37.6 Å². The highest BCUT2D eigenvalue weighted by molar-refractivity contribution is 6.74. The van der Waals surface area contributed by atoms with Gasteiger partial charge in [-0.25, -0.2) is 27.9 Å². The van der Waals surface area contributed by atoms with Crippen LogP contribution in [-0.2, 0) is 11.0 Å². The number of hydrogen-bond acceptors (Lipinski definition) is 6. The molecule has 230 valence electrons. The van der Waals surface area contributed by atoms with E-state index in [0.29, 0.717) is 0 Å². The van der Waals surface area contributed by atoms with Crippen LogP contribution in [0.2, 0.25) is 18.1 Å². The molecule has 0 aliphatic carbocycles. The molecule has 0 aliphatic heterocycles. The van der Waals surface area contributed by atoms with E-state index >= 15 is 4.39 Å². The van der Waals surface area contributed by atoms with Crippen molar-refractivity contribution in [1.29, 1.82) is 0 Å². The van der Waals surface area contributed by atoms with Gasteiger partial charge in [-0.05, 0) is 66.7 Å². The summed E-state index contributed by atoms with van der Waals surface area (Å²) in [4.78, 5) is 42.5. The Morgan fingerprint density at radius 2 is 1.68 bits per heavy atom. The maximum atomic E-state index is 15.7. The first-order valence-corrected chi connectivity index (χ1v) is 16.5. The first-order valence-electron chi connectivity index (χ1n) is 13.5. The average molecular weight is 623 g/mol. The van der Waals surface area contributed by atoms with Gasteiger partial charge in [0.2, 0.25) is 0 Å². The Morgan fingerprint density at radius 1 is 1.00 bits per heavy atom. The van der Waals surface area contributed by atoms with E-state index in [1.165, 1.54) is 60.9 Å². The number of hydrogen-bond donors (Lipinski definition) is 2. The number of amides is 2. The van der Waals surface area contributed by atoms with Crippen LogP contribution >= 0.6 is 0 Å². The van der Waals surface area contributed by atoms with E-state index in [-0.39, 0.29) is 45.9 Å². The van der Waals surface area contributed by atoms with Gasteiger partial charge in [-0.1, -0.05) is 26.8 Å². The number of anilines is 3. The SMILES string of the molecule is CC(C)(C)[Si](C)(C)OCc1c(Oc2ccc(N(C(=O)n3ccccc3=O)c3ccc(F)cc3)cc2F)ccnc1NC(=O)O. The number of aromatic nitrogens is 2. The second-order valence-corrected chi connectivity index (χ2v) is 16.1. The number of nitrogens with zero attached hydrogens (tertiary/aromatic N) is 3. The van der Waals surface area contributed by atoms with Crippen LogP contribution in [0.1, 0.15) is 26.3 Å². The molecule has 2 heterocycles. The summed E-state index contributed by atoms with van der Waals surface area (Å²) < 4.78 is 42.4. The third kappa shape index (κ3) is 7.18. The van der Waals surface area contributed by atoms with Crippen LogP contribution in [0, 0.1) is 11.6 Å². The summed E-state index contributed by atoms with van der Waals surface area (Å²) in [5.74, 6) is -1.57. The Kier molecular flexibility index (Phi) is 9.30. The fourth-order valence-electron chi connectivity index (χ4n) is 3.87. The van der Waals surface area contributed by atoms with Gasteiger partial charge in [-0.3, -0.25) is 15.0 Å². The maximum Gasteiger partial charge on any atom is 0.410 e. The van der Waals surface area contributed by atoms with E-state index in [0.717, 1.165) is 27.7 Å². The van der Waals surface area contributed by atoms with Gasteiger partial charge >= 0.3 is 12.1 Å². The lowest BCUT2D eigenvalue weighted by molar-refractivity contribution is 0.209. The molecular weight excluding hydrogens is 590 g/mol. The number of benzene rings is 2. The highest BCUT2D eigenvalue weighted by Gasteiger charge is 2.37. The van der Waals surface area contributed by atoms with Gasteiger partial charge in [0, 0.05) is 24.5 Å². The van der Waals surface area contributed by atoms with Gasteiger partial charge in [-0.2, -0.15) is 0 Å². The first kappa shape index (κ1) is 32.0. The lowest BCUT2D eigenvalue weighted by Gasteiger charge is -2.36. The average Bonchev–Trinajstić information content (AvgIpc) is 2.94. The molecule has 4 aromatic rings. The third-order valence-electron chi connectivity index (χ3n) is 7.32. The first-order chi connectivity index (χ1) is 20.7. The lowest BCUT2D eigenvalue weighted by atomic mass is 10.2. The molecule has 2 aromatic carbocycles. The zero-order valence-corrected chi connectivity index (χ0v) is 25.8. The molecule has 2 aromatic heterocycles. The van der Waals surface area contributed by atoms with Gasteiger partial charge in [0.25, 0.3) is 5.56 Å². The molecule has 0 aliphatic rings. The van der Waals surface area contributed by atoms with Crippen LogP contribution in [0.4, 0.5) is 35.6 Å². The van der Waals surface area contributed by atoms with Gasteiger partial charge in [0.05, 0.1) is 23.5 Å². The summed E-state index contributed by atoms with van der Waals surface area (Å²) in [6.07, 6.45) is 1.24. The smallest absolute Gasteiger partial charge is 0.410 e. The predicted molar refractivity (Wildman–Crippen MR) is 164 cm³/mol. The molecule has 44 heavy (non-hydrogen) atoms. The Labute approximate surface area is 253 Å². The standard InChI is InChI=1S/C31H32F2N4O6Si/c1-31(2,3)44(4,5)42-19-23-25(15-16-34-28(23)35-29(39)40)43-26-14-13-22(18-24(26)33)37(21-11-9-20(32)10-12-21)30(41)36-17-7-6-8-27(36)38/h6-18H,19H2,1-5H3,(H,34,35)(H,39,40). The molecule has 0 saturated heterocycles. The molecule has 2 amide bonds. The lowest BCUT2D eigenvalue weighted by Crippen LogP contribution is -2.40. The second kappa shape index (κ2) is 12.8. The predicted octanol–water partition coefficient (Wildman–Crippen LogP) is 7.73. The fraction of sp³-hybridized carbons (Fsp3) is 0.226. The summed E-state index contributed by atoms with van der Waals surface area (Å²) >= 11 is 0. The van der Waals surface area contributed by atoms with Crippen LogP contribution in [0.15, 0.2) is 83.9 Å². The minimum absolute atomic E-state index is 0.0212. The van der Waals surface area contributed by atoms with Crippen LogP contribution in [0.5, 0.6) is 11.5 Å². The van der Waals surface area contributed by atoms with Gasteiger partial charge in [-0.15, -0.1) is 0 Å². The molecule has 13 heteroatoms. The van der Waals surface area contributed by atoms with Crippen LogP contribution in [0.25, 0.3) is 0 Å². The zero-order valence-electron chi connectivity index (χ0n) is 24.8. The topological polar surface area (TPSA) is 123 Å². The molecule has 0 radical (unpaired) electrons. The Morgan fingerprint density at radius 3 is 2.30 bits per heavy atom. The number of carbonyl (C=O) groups is 2. The highest BCUT2D eigenvalue weighted by Crippen LogP contribution is 2.39. The van der Waals surface area contributed by atoms with Crippen LogP contribution < -0.4 is 20.5 Å². The van der Waals surface area contributed by atoms with Crippen molar-refractivity contribution < 1.29 is 32.6 Å². The summed E-state index contributed by atoms with van der Waals surface area (Å²) in [6, 6.07) is 13.4. The van der Waals surface area contributed by atoms with E-state index in [2.05, 4.69) is 31.1 Å². The van der Waals surface area contributed by atoms with E-state index in [1.54, 1.807) is 0 Å². The second-order valence-electron chi connectivity index (χ2n) is 11.3.